The first-order chi connectivity index (χ1) is 7.23. The highest BCUT2D eigenvalue weighted by molar-refractivity contribution is 5.23. The molecular weight excluding hydrogens is 217 g/mol. The molecule has 1 N–H and O–H groups in total. The monoisotopic (exact) mass is 234 g/mol. The van der Waals surface area contributed by atoms with E-state index in [1.165, 1.54) is 0 Å². The molecule has 3 aliphatic rings. The highest BCUT2D eigenvalue weighted by Gasteiger charge is 2.52. The van der Waals surface area contributed by atoms with E-state index in [0.29, 0.717) is 5.92 Å². The van der Waals surface area contributed by atoms with Gasteiger partial charge in [-0.25, -0.2) is 0 Å². The van der Waals surface area contributed by atoms with E-state index >= 15 is 0 Å². The van der Waals surface area contributed by atoms with E-state index in [4.69, 9.17) is 5.11 Å². The third-order valence-electron chi connectivity index (χ3n) is 4.39. The molecule has 16 heavy (non-hydrogen) atoms. The van der Waals surface area contributed by atoms with Crippen molar-refractivity contribution in [1.29, 1.82) is 0 Å². The fourth-order valence-electron chi connectivity index (χ4n) is 3.05. The molecule has 0 aliphatic heterocycles. The van der Waals surface area contributed by atoms with Gasteiger partial charge in [0.1, 0.15) is 0 Å². The summed E-state index contributed by atoms with van der Waals surface area (Å²) >= 11 is 0. The Kier molecular flexibility index (Phi) is 2.61. The lowest BCUT2D eigenvalue weighted by molar-refractivity contribution is -0.204. The average molecular weight is 234 g/mol. The second kappa shape index (κ2) is 3.49. The molecule has 0 aromatic rings. The molecule has 3 unspecified atom stereocenters. The van der Waals surface area contributed by atoms with Crippen LogP contribution in [0.2, 0.25) is 0 Å². The van der Waals surface area contributed by atoms with Gasteiger partial charge in [-0.1, -0.05) is 25.5 Å². The highest BCUT2D eigenvalue weighted by Crippen LogP contribution is 2.60. The molecule has 0 spiro atoms. The Bertz CT molecular complexity index is 317. The van der Waals surface area contributed by atoms with Gasteiger partial charge in [0, 0.05) is 6.42 Å². The standard InChI is InChI=1S/C12H17F3O/c1-11(2)8-4-3-7(9(11)6-8)5-10(16)12(13,14)15/h3,8-10,16H,4-6H2,1-2H3. The number of halogens is 3. The summed E-state index contributed by atoms with van der Waals surface area (Å²) in [6.45, 7) is 4.22. The fourth-order valence-corrected chi connectivity index (χ4v) is 3.05. The van der Waals surface area contributed by atoms with E-state index in [2.05, 4.69) is 13.8 Å². The zero-order valence-corrected chi connectivity index (χ0v) is 9.51. The second-order valence-electron chi connectivity index (χ2n) is 5.58. The third-order valence-corrected chi connectivity index (χ3v) is 4.39. The summed E-state index contributed by atoms with van der Waals surface area (Å²) in [5, 5.41) is 9.08. The molecule has 0 aromatic carbocycles. The highest BCUT2D eigenvalue weighted by atomic mass is 19.4. The molecule has 3 atom stereocenters. The lowest BCUT2D eigenvalue weighted by Gasteiger charge is -2.56. The molecule has 0 heterocycles. The van der Waals surface area contributed by atoms with Crippen molar-refractivity contribution in [2.75, 3.05) is 0 Å². The largest absolute Gasteiger partial charge is 0.414 e. The first-order valence-corrected chi connectivity index (χ1v) is 5.66. The van der Waals surface area contributed by atoms with Gasteiger partial charge in [0.15, 0.2) is 6.10 Å². The summed E-state index contributed by atoms with van der Waals surface area (Å²) in [6, 6.07) is 0. The predicted molar refractivity (Wildman–Crippen MR) is 54.8 cm³/mol. The SMILES string of the molecule is CC1(C)C2CC=C(CC(O)C(F)(F)F)C1C2. The van der Waals surface area contributed by atoms with Crippen molar-refractivity contribution in [2.24, 2.45) is 17.3 Å². The Hall–Kier alpha value is -0.510. The van der Waals surface area contributed by atoms with Crippen LogP contribution in [-0.4, -0.2) is 17.4 Å². The second-order valence-corrected chi connectivity index (χ2v) is 5.58. The van der Waals surface area contributed by atoms with Gasteiger partial charge in [-0.2, -0.15) is 13.2 Å². The first-order valence-electron chi connectivity index (χ1n) is 5.66. The van der Waals surface area contributed by atoms with Crippen LogP contribution in [0.25, 0.3) is 0 Å². The summed E-state index contributed by atoms with van der Waals surface area (Å²) in [4.78, 5) is 0. The Morgan fingerprint density at radius 3 is 2.56 bits per heavy atom. The summed E-state index contributed by atoms with van der Waals surface area (Å²) in [5.41, 5.74) is 0.924. The number of fused-ring (bicyclic) bond motifs is 1. The Morgan fingerprint density at radius 1 is 1.50 bits per heavy atom. The number of hydrogen-bond donors (Lipinski definition) is 1. The number of hydrogen-bond acceptors (Lipinski definition) is 1. The van der Waals surface area contributed by atoms with E-state index in [1.807, 2.05) is 6.08 Å². The Balaban J connectivity index is 2.05. The molecule has 3 aliphatic carbocycles. The minimum absolute atomic E-state index is 0.120. The topological polar surface area (TPSA) is 20.2 Å². The Morgan fingerprint density at radius 2 is 2.12 bits per heavy atom. The third kappa shape index (κ3) is 1.77. The van der Waals surface area contributed by atoms with Gasteiger partial charge in [-0.3, -0.25) is 0 Å². The van der Waals surface area contributed by atoms with Crippen LogP contribution >= 0.6 is 0 Å². The maximum absolute atomic E-state index is 12.3. The van der Waals surface area contributed by atoms with Crippen LogP contribution in [0, 0.1) is 17.3 Å². The average Bonchev–Trinajstić information content (AvgIpc) is 2.16. The summed E-state index contributed by atoms with van der Waals surface area (Å²) < 4.78 is 36.8. The molecule has 92 valence electrons. The van der Waals surface area contributed by atoms with Crippen LogP contribution in [-0.2, 0) is 0 Å². The lowest BCUT2D eigenvalue weighted by atomic mass is 9.48. The van der Waals surface area contributed by atoms with Gasteiger partial charge >= 0.3 is 6.18 Å². The molecule has 1 saturated carbocycles. The van der Waals surface area contributed by atoms with Crippen LogP contribution in [0.1, 0.15) is 33.1 Å². The predicted octanol–water partition coefficient (Wildman–Crippen LogP) is 3.29. The quantitative estimate of drug-likeness (QED) is 0.727. The maximum Gasteiger partial charge on any atom is 0.414 e. The van der Waals surface area contributed by atoms with Crippen LogP contribution < -0.4 is 0 Å². The maximum atomic E-state index is 12.3. The molecular formula is C12H17F3O. The minimum Gasteiger partial charge on any atom is -0.383 e. The van der Waals surface area contributed by atoms with Crippen molar-refractivity contribution in [1.82, 2.24) is 0 Å². The molecule has 2 bridgehead atoms. The summed E-state index contributed by atoms with van der Waals surface area (Å²) in [7, 11) is 0. The van der Waals surface area contributed by atoms with E-state index in [-0.39, 0.29) is 17.8 Å². The number of aliphatic hydroxyl groups excluding tert-OH is 1. The molecule has 0 radical (unpaired) electrons. The number of alkyl halides is 3. The van der Waals surface area contributed by atoms with Crippen LogP contribution in [0.3, 0.4) is 0 Å². The zero-order valence-electron chi connectivity index (χ0n) is 9.51. The zero-order chi connectivity index (χ0) is 12.1. The normalized spacial score (nSPS) is 34.0. The van der Waals surface area contributed by atoms with Gasteiger partial charge in [0.25, 0.3) is 0 Å². The summed E-state index contributed by atoms with van der Waals surface area (Å²) in [6.07, 6.45) is -3.19. The van der Waals surface area contributed by atoms with Crippen molar-refractivity contribution < 1.29 is 18.3 Å². The number of aliphatic hydroxyl groups is 1. The van der Waals surface area contributed by atoms with Gasteiger partial charge in [-0.05, 0) is 30.1 Å². The Labute approximate surface area is 93.3 Å². The van der Waals surface area contributed by atoms with E-state index in [9.17, 15) is 13.2 Å². The molecule has 1 nitrogen and oxygen atoms in total. The first kappa shape index (κ1) is 12.0. The van der Waals surface area contributed by atoms with Gasteiger partial charge in [-0.15, -0.1) is 0 Å². The lowest BCUT2D eigenvalue weighted by Crippen LogP contribution is -2.48. The van der Waals surface area contributed by atoms with Gasteiger partial charge < -0.3 is 5.11 Å². The van der Waals surface area contributed by atoms with Crippen molar-refractivity contribution >= 4 is 0 Å². The molecule has 0 saturated heterocycles. The molecule has 1 fully saturated rings. The van der Waals surface area contributed by atoms with Crippen molar-refractivity contribution in [3.05, 3.63) is 11.6 Å². The smallest absolute Gasteiger partial charge is 0.383 e. The molecule has 3 rings (SSSR count). The van der Waals surface area contributed by atoms with Crippen molar-refractivity contribution in [3.8, 4) is 0 Å². The van der Waals surface area contributed by atoms with Crippen LogP contribution in [0.4, 0.5) is 13.2 Å². The van der Waals surface area contributed by atoms with Gasteiger partial charge in [0.05, 0.1) is 0 Å². The fraction of sp³-hybridized carbons (Fsp3) is 0.833. The van der Waals surface area contributed by atoms with Crippen molar-refractivity contribution in [3.63, 3.8) is 0 Å². The summed E-state index contributed by atoms with van der Waals surface area (Å²) in [5.74, 6) is 0.854. The molecule has 4 heteroatoms. The minimum atomic E-state index is -4.49. The molecule has 0 aromatic heterocycles. The van der Waals surface area contributed by atoms with E-state index < -0.39 is 12.3 Å². The molecule has 0 amide bonds. The van der Waals surface area contributed by atoms with Gasteiger partial charge in [0.2, 0.25) is 0 Å². The van der Waals surface area contributed by atoms with Crippen molar-refractivity contribution in [2.45, 2.75) is 45.4 Å². The van der Waals surface area contributed by atoms with E-state index in [0.717, 1.165) is 18.4 Å². The number of rotatable bonds is 2. The van der Waals surface area contributed by atoms with E-state index in [1.54, 1.807) is 0 Å². The van der Waals surface area contributed by atoms with Crippen LogP contribution in [0.15, 0.2) is 11.6 Å². The van der Waals surface area contributed by atoms with Crippen LogP contribution in [0.5, 0.6) is 0 Å². The number of allylic oxidation sites excluding steroid dienone is 1.